The lowest BCUT2D eigenvalue weighted by Crippen LogP contribution is -2.37. The zero-order valence-corrected chi connectivity index (χ0v) is 34.8. The molecule has 49 heavy (non-hydrogen) atoms. The lowest BCUT2D eigenvalue weighted by atomic mass is 10.1. The van der Waals surface area contributed by atoms with Gasteiger partial charge in [0.2, 0.25) is 0 Å². The molecule has 7 fully saturated rings. The molecule has 0 aliphatic carbocycles. The molecule has 0 bridgehead atoms. The van der Waals surface area contributed by atoms with Crippen LogP contribution in [0, 0.1) is 0 Å². The van der Waals surface area contributed by atoms with Gasteiger partial charge in [-0.1, -0.05) is 32.1 Å². The average Bonchev–Trinajstić information content (AvgIpc) is 3.44. The summed E-state index contributed by atoms with van der Waals surface area (Å²) in [7, 11) is 12.4. The second-order valence-corrected chi connectivity index (χ2v) is 18.2. The van der Waals surface area contributed by atoms with Gasteiger partial charge in [-0.25, -0.2) is 8.42 Å². The summed E-state index contributed by atoms with van der Waals surface area (Å²) in [6, 6.07) is 0. The van der Waals surface area contributed by atoms with Crippen LogP contribution in [-0.4, -0.2) is 195 Å². The summed E-state index contributed by atoms with van der Waals surface area (Å²) in [6.07, 6.45) is 22.8. The molecule has 0 saturated carbocycles. The largest absolute Gasteiger partial charge is 0.306 e. The van der Waals surface area contributed by atoms with E-state index >= 15 is 0 Å². The number of hydrogen-bond donors (Lipinski definition) is 0. The summed E-state index contributed by atoms with van der Waals surface area (Å²) in [6.45, 7) is 17.2. The van der Waals surface area contributed by atoms with E-state index in [2.05, 4.69) is 71.7 Å². The maximum Gasteiger partial charge on any atom is 0.152 e. The van der Waals surface area contributed by atoms with Gasteiger partial charge in [-0.15, -0.1) is 0 Å². The molecular weight excluding hydrogens is 631 g/mol. The Bertz CT molecular complexity index is 761. The van der Waals surface area contributed by atoms with Gasteiger partial charge in [0.25, 0.3) is 0 Å². The van der Waals surface area contributed by atoms with Crippen molar-refractivity contribution in [2.24, 2.45) is 0 Å². The molecule has 294 valence electrons. The van der Waals surface area contributed by atoms with E-state index in [0.717, 1.165) is 0 Å². The molecule has 10 heteroatoms. The molecule has 7 aliphatic rings. The highest BCUT2D eigenvalue weighted by molar-refractivity contribution is 7.91. The third-order valence-corrected chi connectivity index (χ3v) is 12.2. The predicted molar refractivity (Wildman–Crippen MR) is 215 cm³/mol. The monoisotopic (exact) mass is 716 g/mol. The fourth-order valence-electron chi connectivity index (χ4n) is 6.54. The topological polar surface area (TPSA) is 56.8 Å². The van der Waals surface area contributed by atoms with Gasteiger partial charge in [0.1, 0.15) is 0 Å². The van der Waals surface area contributed by atoms with E-state index in [1.807, 2.05) is 11.9 Å². The molecule has 7 heterocycles. The third-order valence-electron chi connectivity index (χ3n) is 10.5. The lowest BCUT2D eigenvalue weighted by Gasteiger charge is -2.24. The zero-order chi connectivity index (χ0) is 36.2. The van der Waals surface area contributed by atoms with E-state index in [1.54, 1.807) is 0 Å². The first kappa shape index (κ1) is 46.7. The second kappa shape index (κ2) is 30.2. The van der Waals surface area contributed by atoms with Crippen molar-refractivity contribution in [2.45, 2.75) is 103 Å². The average molecular weight is 716 g/mol. The van der Waals surface area contributed by atoms with Gasteiger partial charge in [-0.2, -0.15) is 0 Å². The molecule has 0 aromatic rings. The molecule has 0 unspecified atom stereocenters. The Morgan fingerprint density at radius 3 is 0.571 bits per heavy atom. The minimum Gasteiger partial charge on any atom is -0.306 e. The van der Waals surface area contributed by atoms with Crippen molar-refractivity contribution in [3.63, 3.8) is 0 Å². The van der Waals surface area contributed by atoms with E-state index in [1.165, 1.54) is 181 Å². The van der Waals surface area contributed by atoms with Crippen molar-refractivity contribution in [1.82, 2.24) is 34.3 Å². The number of piperidine rings is 3. The maximum absolute atomic E-state index is 10.8. The van der Waals surface area contributed by atoms with Crippen LogP contribution < -0.4 is 0 Å². The van der Waals surface area contributed by atoms with Crippen molar-refractivity contribution in [2.75, 3.05) is 152 Å². The standard InChI is InChI=1S/C7H15N.3C6H13N.C5H11NO2S.C5H11N.C4H9N/c1-8-6-4-2-3-5-7-8;3*1-7-5-3-2-4-6-7;1-6-2-4-9(7,8)5-3-6;1-6-4-2-3-5-6;1-5-3-2-4-5/h2-7H2,1H3;3*2-6H2,1H3;2-5H2,1H3;2-5H2,1H3;2-4H2,1H3. The van der Waals surface area contributed by atoms with Crippen molar-refractivity contribution < 1.29 is 8.42 Å². The highest BCUT2D eigenvalue weighted by Crippen LogP contribution is 2.08. The molecule has 0 aromatic carbocycles. The summed E-state index contributed by atoms with van der Waals surface area (Å²) in [5, 5.41) is 0. The van der Waals surface area contributed by atoms with Crippen LogP contribution in [0.5, 0.6) is 0 Å². The fraction of sp³-hybridized carbons (Fsp3) is 1.00. The SMILES string of the molecule is CN1CCC1.CN1CCCC1.CN1CCCCC1.CN1CCCCC1.CN1CCCCC1.CN1CCCCCC1.CN1CCS(=O)(=O)CC1. The van der Waals surface area contributed by atoms with Gasteiger partial charge in [-0.05, 0) is 198 Å². The van der Waals surface area contributed by atoms with Gasteiger partial charge in [0.05, 0.1) is 11.5 Å². The van der Waals surface area contributed by atoms with Crippen molar-refractivity contribution in [1.29, 1.82) is 0 Å². The number of likely N-dealkylation sites (tertiary alicyclic amines) is 6. The summed E-state index contributed by atoms with van der Waals surface area (Å²) in [5.74, 6) is 0.674. The first-order valence-corrected chi connectivity index (χ1v) is 22.3. The van der Waals surface area contributed by atoms with Crippen LogP contribution >= 0.6 is 0 Å². The summed E-state index contributed by atoms with van der Waals surface area (Å²) < 4.78 is 21.5. The molecular formula is C39H85N7O2S. The van der Waals surface area contributed by atoms with Crippen molar-refractivity contribution >= 4 is 9.84 Å². The Hall–Kier alpha value is -0.330. The van der Waals surface area contributed by atoms with Crippen molar-refractivity contribution in [3.05, 3.63) is 0 Å². The van der Waals surface area contributed by atoms with Gasteiger partial charge >= 0.3 is 0 Å². The van der Waals surface area contributed by atoms with Crippen LogP contribution in [0.1, 0.15) is 103 Å². The smallest absolute Gasteiger partial charge is 0.152 e. The minimum atomic E-state index is -2.66. The van der Waals surface area contributed by atoms with Gasteiger partial charge in [-0.3, -0.25) is 0 Å². The fourth-order valence-corrected chi connectivity index (χ4v) is 7.92. The molecule has 0 N–H and O–H groups in total. The lowest BCUT2D eigenvalue weighted by molar-refractivity contribution is 0.229. The van der Waals surface area contributed by atoms with Crippen LogP contribution in [-0.2, 0) is 9.84 Å². The summed E-state index contributed by atoms with van der Waals surface area (Å²) in [5.41, 5.74) is 0. The third kappa shape index (κ3) is 29.9. The Kier molecular flexibility index (Phi) is 28.7. The Morgan fingerprint density at radius 1 is 0.245 bits per heavy atom. The number of sulfone groups is 1. The first-order chi connectivity index (χ1) is 23.5. The highest BCUT2D eigenvalue weighted by Gasteiger charge is 2.18. The van der Waals surface area contributed by atoms with E-state index in [4.69, 9.17) is 0 Å². The molecule has 0 radical (unpaired) electrons. The van der Waals surface area contributed by atoms with Crippen molar-refractivity contribution in [3.8, 4) is 0 Å². The van der Waals surface area contributed by atoms with Crippen LogP contribution in [0.2, 0.25) is 0 Å². The Labute approximate surface area is 307 Å². The van der Waals surface area contributed by atoms with E-state index in [0.29, 0.717) is 24.6 Å². The second-order valence-electron chi connectivity index (χ2n) is 15.9. The van der Waals surface area contributed by atoms with E-state index in [-0.39, 0.29) is 0 Å². The summed E-state index contributed by atoms with van der Waals surface area (Å²) in [4.78, 5) is 16.3. The Morgan fingerprint density at radius 2 is 0.408 bits per heavy atom. The molecule has 0 aromatic heterocycles. The molecule has 0 spiro atoms. The van der Waals surface area contributed by atoms with Gasteiger partial charge in [0.15, 0.2) is 9.84 Å². The predicted octanol–water partition coefficient (Wildman–Crippen LogP) is 5.18. The minimum absolute atomic E-state index is 0.337. The molecule has 0 amide bonds. The molecule has 0 atom stereocenters. The number of rotatable bonds is 0. The normalized spacial score (nSPS) is 25.9. The van der Waals surface area contributed by atoms with Crippen LogP contribution in [0.4, 0.5) is 0 Å². The quantitative estimate of drug-likeness (QED) is 0.338. The first-order valence-electron chi connectivity index (χ1n) is 20.5. The van der Waals surface area contributed by atoms with Crippen LogP contribution in [0.25, 0.3) is 0 Å². The highest BCUT2D eigenvalue weighted by atomic mass is 32.2. The van der Waals surface area contributed by atoms with E-state index < -0.39 is 9.84 Å². The molecule has 7 aliphatic heterocycles. The summed E-state index contributed by atoms with van der Waals surface area (Å²) >= 11 is 0. The van der Waals surface area contributed by atoms with Crippen LogP contribution in [0.15, 0.2) is 0 Å². The Balaban J connectivity index is 0.000000287. The molecule has 7 rings (SSSR count). The molecule has 9 nitrogen and oxygen atoms in total. The van der Waals surface area contributed by atoms with E-state index in [9.17, 15) is 8.42 Å². The van der Waals surface area contributed by atoms with Gasteiger partial charge in [0, 0.05) is 13.1 Å². The zero-order valence-electron chi connectivity index (χ0n) is 34.0. The maximum atomic E-state index is 10.8. The number of nitrogens with zero attached hydrogens (tertiary/aromatic N) is 7. The van der Waals surface area contributed by atoms with Crippen LogP contribution in [0.3, 0.4) is 0 Å². The number of hydrogen-bond acceptors (Lipinski definition) is 9. The molecule has 7 saturated heterocycles. The van der Waals surface area contributed by atoms with Gasteiger partial charge < -0.3 is 34.3 Å².